The van der Waals surface area contributed by atoms with Gasteiger partial charge in [0, 0.05) is 30.1 Å². The Labute approximate surface area is 261 Å². The van der Waals surface area contributed by atoms with Gasteiger partial charge in [-0.05, 0) is 97.5 Å². The quantitative estimate of drug-likeness (QED) is 0.228. The van der Waals surface area contributed by atoms with Gasteiger partial charge in [0.15, 0.2) is 11.5 Å². The fourth-order valence-electron chi connectivity index (χ4n) is 3.92. The number of hydrogen-bond acceptors (Lipinski definition) is 8. The molecule has 3 aromatic rings. The standard InChI is InChI=1S/C25H26N4O4S.C10H4/c1-16-21(5-3-4-9-27-17(2)30)29-24(34-16)15-33-25-20(14-26)19(8-10-28-25)18-6-7-22-23(13-18)32-12-11-31-22;1-3-5-7-9-10-8-6-4-2/h6-8,10,13H,3-5,9,11-12,15H2,1-2H3,(H,27,30);1-2H2. The van der Waals surface area contributed by atoms with Crippen LogP contribution in [-0.2, 0) is 17.8 Å². The van der Waals surface area contributed by atoms with Crippen LogP contribution in [0, 0.1) is 18.3 Å². The van der Waals surface area contributed by atoms with Gasteiger partial charge in [-0.1, -0.05) is 17.5 Å². The summed E-state index contributed by atoms with van der Waals surface area (Å²) in [6.45, 7) is 12.1. The molecule has 0 saturated carbocycles. The van der Waals surface area contributed by atoms with E-state index in [0.29, 0.717) is 36.8 Å². The van der Waals surface area contributed by atoms with Gasteiger partial charge in [-0.15, -0.1) is 11.3 Å². The number of fused-ring (bicyclic) bond motifs is 1. The third kappa shape index (κ3) is 10.3. The molecule has 9 heteroatoms. The number of unbranched alkanes of at least 4 members (excludes halogenated alkanes) is 1. The number of hydrogen-bond donors (Lipinski definition) is 1. The Hall–Kier alpha value is -5.66. The number of pyridine rings is 1. The van der Waals surface area contributed by atoms with Gasteiger partial charge >= 0.3 is 0 Å². The zero-order valence-corrected chi connectivity index (χ0v) is 25.5. The van der Waals surface area contributed by atoms with Crippen molar-refractivity contribution in [2.45, 2.75) is 39.7 Å². The highest BCUT2D eigenvalue weighted by Gasteiger charge is 2.18. The minimum atomic E-state index is -0.00679. The molecule has 1 amide bonds. The smallest absolute Gasteiger partial charge is 0.232 e. The number of carbonyl (C=O) groups is 1. The number of thiazole rings is 1. The molecule has 0 atom stereocenters. The Morgan fingerprint density at radius 1 is 1.05 bits per heavy atom. The van der Waals surface area contributed by atoms with E-state index in [4.69, 9.17) is 19.2 Å². The first-order valence-electron chi connectivity index (χ1n) is 13.6. The summed E-state index contributed by atoms with van der Waals surface area (Å²) in [5.41, 5.74) is 22.4. The van der Waals surface area contributed by atoms with Gasteiger partial charge in [0.05, 0.1) is 5.69 Å². The second kappa shape index (κ2) is 18.0. The monoisotopic (exact) mass is 602 g/mol. The summed E-state index contributed by atoms with van der Waals surface area (Å²) in [7, 11) is 0. The summed E-state index contributed by atoms with van der Waals surface area (Å²) in [5.74, 6) is 1.63. The molecule has 0 aliphatic carbocycles. The fraction of sp³-hybridized carbons (Fsp3) is 0.257. The first-order valence-corrected chi connectivity index (χ1v) is 14.4. The van der Waals surface area contributed by atoms with Crippen molar-refractivity contribution in [3.05, 3.63) is 111 Å². The number of amides is 1. The van der Waals surface area contributed by atoms with Crippen LogP contribution in [0.3, 0.4) is 0 Å². The predicted molar refractivity (Wildman–Crippen MR) is 168 cm³/mol. The third-order valence-electron chi connectivity index (χ3n) is 5.85. The van der Waals surface area contributed by atoms with Crippen molar-refractivity contribution in [2.24, 2.45) is 0 Å². The van der Waals surface area contributed by atoms with Gasteiger partial charge in [-0.3, -0.25) is 4.79 Å². The molecule has 8 nitrogen and oxygen atoms in total. The van der Waals surface area contributed by atoms with E-state index in [1.54, 1.807) is 23.6 Å². The van der Waals surface area contributed by atoms with Gasteiger partial charge in [0.25, 0.3) is 0 Å². The number of nitrogens with zero attached hydrogens (tertiary/aromatic N) is 3. The molecule has 4 rings (SSSR count). The summed E-state index contributed by atoms with van der Waals surface area (Å²) >= 11 is 1.58. The molecule has 1 aliphatic heterocycles. The Kier molecular flexibility index (Phi) is 13.4. The second-order valence-corrected chi connectivity index (χ2v) is 10.2. The molecule has 44 heavy (non-hydrogen) atoms. The van der Waals surface area contributed by atoms with Crippen LogP contribution in [0.2, 0.25) is 0 Å². The van der Waals surface area contributed by atoms with Crippen molar-refractivity contribution in [1.29, 1.82) is 5.26 Å². The molecule has 3 heterocycles. The van der Waals surface area contributed by atoms with E-state index in [1.807, 2.05) is 25.1 Å². The average molecular weight is 603 g/mol. The minimum Gasteiger partial charge on any atom is -0.486 e. The Bertz CT molecular complexity index is 1800. The first kappa shape index (κ1) is 32.8. The highest BCUT2D eigenvalue weighted by molar-refractivity contribution is 7.11. The number of aromatic nitrogens is 2. The lowest BCUT2D eigenvalue weighted by molar-refractivity contribution is -0.118. The highest BCUT2D eigenvalue weighted by atomic mass is 32.1. The van der Waals surface area contributed by atoms with Crippen molar-refractivity contribution in [1.82, 2.24) is 15.3 Å². The van der Waals surface area contributed by atoms with Crippen molar-refractivity contribution >= 4 is 17.2 Å². The van der Waals surface area contributed by atoms with Crippen LogP contribution >= 0.6 is 11.3 Å². The van der Waals surface area contributed by atoms with Crippen LogP contribution in [0.5, 0.6) is 17.4 Å². The molecule has 0 unspecified atom stereocenters. The maximum atomic E-state index is 11.0. The van der Waals surface area contributed by atoms with E-state index in [0.717, 1.165) is 46.0 Å². The predicted octanol–water partition coefficient (Wildman–Crippen LogP) is 6.24. The number of rotatable bonds is 9. The maximum Gasteiger partial charge on any atom is 0.232 e. The highest BCUT2D eigenvalue weighted by Crippen LogP contribution is 2.37. The number of ether oxygens (including phenoxy) is 3. The molecule has 220 valence electrons. The molecule has 0 fully saturated rings. The molecule has 0 radical (unpaired) electrons. The summed E-state index contributed by atoms with van der Waals surface area (Å²) < 4.78 is 17.2. The van der Waals surface area contributed by atoms with Crippen molar-refractivity contribution < 1.29 is 19.0 Å². The van der Waals surface area contributed by atoms with E-state index in [9.17, 15) is 10.1 Å². The minimum absolute atomic E-state index is 0.00679. The molecular weight excluding hydrogens is 572 g/mol. The Morgan fingerprint density at radius 2 is 1.75 bits per heavy atom. The molecule has 1 aliphatic rings. The number of nitriles is 1. The van der Waals surface area contributed by atoms with Gasteiger partial charge in [-0.25, -0.2) is 9.97 Å². The normalized spacial score (nSPS) is 10.2. The summed E-state index contributed by atoms with van der Waals surface area (Å²) in [6.07, 6.45) is 4.34. The number of nitrogens with one attached hydrogen (secondary N) is 1. The molecule has 1 N–H and O–H groups in total. The number of aryl methyl sites for hydroxylation is 2. The van der Waals surface area contributed by atoms with Crippen molar-refractivity contribution in [3.8, 4) is 34.6 Å². The second-order valence-electron chi connectivity index (χ2n) is 8.95. The van der Waals surface area contributed by atoms with Gasteiger partial charge in [-0.2, -0.15) is 5.26 Å². The number of benzene rings is 1. The zero-order chi connectivity index (χ0) is 31.6. The van der Waals surface area contributed by atoms with E-state index >= 15 is 0 Å². The lowest BCUT2D eigenvalue weighted by Crippen LogP contribution is -2.20. The van der Waals surface area contributed by atoms with Crippen molar-refractivity contribution in [2.75, 3.05) is 19.8 Å². The molecule has 1 aromatic carbocycles. The average Bonchev–Trinajstić information content (AvgIpc) is 3.40. The van der Waals surface area contributed by atoms with E-state index in [1.165, 1.54) is 6.92 Å². The zero-order valence-electron chi connectivity index (χ0n) is 24.6. The summed E-state index contributed by atoms with van der Waals surface area (Å²) in [6, 6.07) is 9.65. The van der Waals surface area contributed by atoms with Crippen LogP contribution in [0.1, 0.15) is 40.9 Å². The number of carbonyl (C=O) groups excluding carboxylic acids is 1. The van der Waals surface area contributed by atoms with Crippen LogP contribution < -0.4 is 19.5 Å². The van der Waals surface area contributed by atoms with Crippen molar-refractivity contribution in [3.63, 3.8) is 0 Å². The van der Waals surface area contributed by atoms with Gasteiger partial charge in [0.2, 0.25) is 11.8 Å². The molecular formula is C35H30N4O4S. The lowest BCUT2D eigenvalue weighted by Gasteiger charge is -2.19. The van der Waals surface area contributed by atoms with Crippen LogP contribution in [0.4, 0.5) is 0 Å². The van der Waals surface area contributed by atoms with Crippen LogP contribution in [-0.4, -0.2) is 35.6 Å². The van der Waals surface area contributed by atoms with E-state index < -0.39 is 0 Å². The molecule has 0 spiro atoms. The Morgan fingerprint density at radius 3 is 2.43 bits per heavy atom. The lowest BCUT2D eigenvalue weighted by atomic mass is 10.0. The molecule has 2 aromatic heterocycles. The molecule has 0 bridgehead atoms. The fourth-order valence-corrected chi connectivity index (χ4v) is 4.81. The SMILES string of the molecule is C=C=C=C=C=C=C=C=C=C.CC(=O)NCCCCc1nc(COc2nccc(-c3ccc4c(c3)OCCO4)c2C#N)sc1C. The van der Waals surface area contributed by atoms with Gasteiger partial charge < -0.3 is 19.5 Å². The summed E-state index contributed by atoms with van der Waals surface area (Å²) in [4.78, 5) is 21.1. The van der Waals surface area contributed by atoms with Gasteiger partial charge in [0.1, 0.15) is 36.5 Å². The topological polar surface area (TPSA) is 106 Å². The van der Waals surface area contributed by atoms with E-state index in [2.05, 4.69) is 75.4 Å². The molecule has 0 saturated heterocycles. The first-order chi connectivity index (χ1) is 21.5. The summed E-state index contributed by atoms with van der Waals surface area (Å²) in [5, 5.41) is 13.5. The van der Waals surface area contributed by atoms with Crippen LogP contribution in [0.25, 0.3) is 11.1 Å². The van der Waals surface area contributed by atoms with E-state index in [-0.39, 0.29) is 18.4 Å². The maximum absolute atomic E-state index is 11.0. The third-order valence-corrected chi connectivity index (χ3v) is 6.84. The van der Waals surface area contributed by atoms with Crippen LogP contribution in [0.15, 0.2) is 89.5 Å². The largest absolute Gasteiger partial charge is 0.486 e. The Balaban J connectivity index is 0.000000456.